The lowest BCUT2D eigenvalue weighted by Crippen LogP contribution is -2.00. The summed E-state index contributed by atoms with van der Waals surface area (Å²) in [5, 5.41) is 0. The van der Waals surface area contributed by atoms with Crippen LogP contribution in [0.4, 0.5) is 5.69 Å². The van der Waals surface area contributed by atoms with Crippen LogP contribution in [0.25, 0.3) is 0 Å². The third kappa shape index (κ3) is 1.15. The molecule has 1 saturated heterocycles. The number of hydrogen-bond donors (Lipinski definition) is 0. The lowest BCUT2D eigenvalue weighted by molar-refractivity contribution is 0.571. The van der Waals surface area contributed by atoms with E-state index >= 15 is 0 Å². The molecule has 1 saturated carbocycles. The molecule has 1 aliphatic carbocycles. The number of hydrogen-bond acceptors (Lipinski definition) is 1. The van der Waals surface area contributed by atoms with Crippen molar-refractivity contribution in [3.63, 3.8) is 0 Å². The standard InChI is InChI=1S/C13H17N/c1-10-6-2-3-7-11(10)14-12-8-4-5-9-13(12)14/h2-3,6-7,12-13H,4-5,8-9H2,1H3/t12-,13+,14?. The first-order valence-corrected chi connectivity index (χ1v) is 5.72. The Kier molecular flexibility index (Phi) is 1.79. The first kappa shape index (κ1) is 8.34. The van der Waals surface area contributed by atoms with Gasteiger partial charge in [0.05, 0.1) is 0 Å². The van der Waals surface area contributed by atoms with Crippen LogP contribution in [0.2, 0.25) is 0 Å². The summed E-state index contributed by atoms with van der Waals surface area (Å²) in [5.41, 5.74) is 2.91. The van der Waals surface area contributed by atoms with E-state index in [1.807, 2.05) is 0 Å². The van der Waals surface area contributed by atoms with Crippen molar-refractivity contribution in [1.82, 2.24) is 0 Å². The third-order valence-corrected chi connectivity index (χ3v) is 3.71. The molecule has 1 aromatic rings. The maximum atomic E-state index is 2.63. The fourth-order valence-corrected chi connectivity index (χ4v) is 2.92. The van der Waals surface area contributed by atoms with Gasteiger partial charge in [-0.1, -0.05) is 31.0 Å². The summed E-state index contributed by atoms with van der Waals surface area (Å²) < 4.78 is 0. The largest absolute Gasteiger partial charge is 0.361 e. The van der Waals surface area contributed by atoms with Crippen LogP contribution in [0, 0.1) is 6.92 Å². The van der Waals surface area contributed by atoms with Crippen molar-refractivity contribution >= 4 is 5.69 Å². The molecule has 0 radical (unpaired) electrons. The summed E-state index contributed by atoms with van der Waals surface area (Å²) in [5.74, 6) is 0. The van der Waals surface area contributed by atoms with Gasteiger partial charge in [0, 0.05) is 17.8 Å². The van der Waals surface area contributed by atoms with Crippen molar-refractivity contribution in [3.05, 3.63) is 29.8 Å². The number of para-hydroxylation sites is 1. The highest BCUT2D eigenvalue weighted by atomic mass is 15.4. The zero-order valence-corrected chi connectivity index (χ0v) is 8.74. The second-order valence-corrected chi connectivity index (χ2v) is 4.61. The van der Waals surface area contributed by atoms with Gasteiger partial charge in [-0.3, -0.25) is 0 Å². The van der Waals surface area contributed by atoms with Gasteiger partial charge in [0.2, 0.25) is 0 Å². The molecule has 2 atom stereocenters. The molecular weight excluding hydrogens is 170 g/mol. The van der Waals surface area contributed by atoms with Crippen molar-refractivity contribution in [1.29, 1.82) is 0 Å². The number of rotatable bonds is 1. The van der Waals surface area contributed by atoms with Gasteiger partial charge in [-0.15, -0.1) is 0 Å². The van der Waals surface area contributed by atoms with E-state index in [0.29, 0.717) is 0 Å². The predicted molar refractivity (Wildman–Crippen MR) is 59.7 cm³/mol. The van der Waals surface area contributed by atoms with Gasteiger partial charge >= 0.3 is 0 Å². The van der Waals surface area contributed by atoms with Gasteiger partial charge in [-0.25, -0.2) is 0 Å². The lowest BCUT2D eigenvalue weighted by atomic mass is 10.0. The Balaban J connectivity index is 1.87. The van der Waals surface area contributed by atoms with Crippen molar-refractivity contribution in [2.75, 3.05) is 4.90 Å². The molecule has 1 aromatic carbocycles. The first-order chi connectivity index (χ1) is 6.88. The summed E-state index contributed by atoms with van der Waals surface area (Å²) >= 11 is 0. The summed E-state index contributed by atoms with van der Waals surface area (Å²) in [6.45, 7) is 2.22. The molecule has 0 aromatic heterocycles. The molecule has 74 valence electrons. The Hall–Kier alpha value is -0.980. The van der Waals surface area contributed by atoms with Crippen LogP contribution in [0.3, 0.4) is 0 Å². The van der Waals surface area contributed by atoms with Crippen LogP contribution in [0.5, 0.6) is 0 Å². The molecule has 2 aliphatic rings. The Labute approximate surface area is 85.7 Å². The van der Waals surface area contributed by atoms with Gasteiger partial charge in [0.1, 0.15) is 0 Å². The number of benzene rings is 1. The van der Waals surface area contributed by atoms with Crippen molar-refractivity contribution < 1.29 is 0 Å². The summed E-state index contributed by atoms with van der Waals surface area (Å²) in [7, 11) is 0. The van der Waals surface area contributed by atoms with E-state index in [2.05, 4.69) is 36.1 Å². The monoisotopic (exact) mass is 187 g/mol. The van der Waals surface area contributed by atoms with E-state index < -0.39 is 0 Å². The minimum absolute atomic E-state index is 0.879. The SMILES string of the molecule is Cc1ccccc1N1[C@@H]2CCCC[C@@H]21. The van der Waals surface area contributed by atoms with E-state index in [-0.39, 0.29) is 0 Å². The average Bonchev–Trinajstić information content (AvgIpc) is 2.93. The zero-order chi connectivity index (χ0) is 9.54. The van der Waals surface area contributed by atoms with Crippen molar-refractivity contribution in [2.24, 2.45) is 0 Å². The van der Waals surface area contributed by atoms with Crippen LogP contribution in [-0.4, -0.2) is 12.1 Å². The van der Waals surface area contributed by atoms with Gasteiger partial charge < -0.3 is 4.90 Å². The molecule has 0 amide bonds. The van der Waals surface area contributed by atoms with Crippen molar-refractivity contribution in [2.45, 2.75) is 44.7 Å². The second-order valence-electron chi connectivity index (χ2n) is 4.61. The van der Waals surface area contributed by atoms with E-state index in [4.69, 9.17) is 0 Å². The molecule has 1 heteroatoms. The average molecular weight is 187 g/mol. The fraction of sp³-hybridized carbons (Fsp3) is 0.538. The maximum absolute atomic E-state index is 2.63. The number of fused-ring (bicyclic) bond motifs is 1. The third-order valence-electron chi connectivity index (χ3n) is 3.71. The van der Waals surface area contributed by atoms with Crippen molar-refractivity contribution in [3.8, 4) is 0 Å². The minimum Gasteiger partial charge on any atom is -0.361 e. The Morgan fingerprint density at radius 2 is 1.71 bits per heavy atom. The lowest BCUT2D eigenvalue weighted by Gasteiger charge is -2.08. The zero-order valence-electron chi connectivity index (χ0n) is 8.74. The molecule has 0 bridgehead atoms. The Bertz CT molecular complexity index is 333. The van der Waals surface area contributed by atoms with Crippen LogP contribution in [0.15, 0.2) is 24.3 Å². The van der Waals surface area contributed by atoms with Gasteiger partial charge in [0.15, 0.2) is 0 Å². The van der Waals surface area contributed by atoms with Gasteiger partial charge in [0.25, 0.3) is 0 Å². The molecule has 0 spiro atoms. The number of aryl methyl sites for hydroxylation is 1. The second kappa shape index (κ2) is 3.01. The van der Waals surface area contributed by atoms with Crippen LogP contribution < -0.4 is 4.90 Å². The van der Waals surface area contributed by atoms with E-state index in [9.17, 15) is 0 Å². The molecule has 1 heterocycles. The molecule has 1 aliphatic heterocycles. The Morgan fingerprint density at radius 3 is 2.36 bits per heavy atom. The highest BCUT2D eigenvalue weighted by molar-refractivity contribution is 5.61. The summed E-state index contributed by atoms with van der Waals surface area (Å²) in [4.78, 5) is 2.63. The minimum atomic E-state index is 0.879. The molecule has 14 heavy (non-hydrogen) atoms. The normalized spacial score (nSPS) is 29.9. The van der Waals surface area contributed by atoms with Gasteiger partial charge in [-0.2, -0.15) is 0 Å². The van der Waals surface area contributed by atoms with E-state index in [1.165, 1.54) is 36.9 Å². The van der Waals surface area contributed by atoms with Crippen LogP contribution in [-0.2, 0) is 0 Å². The topological polar surface area (TPSA) is 3.01 Å². The summed E-state index contributed by atoms with van der Waals surface area (Å²) in [6.07, 6.45) is 5.70. The van der Waals surface area contributed by atoms with Crippen LogP contribution in [0.1, 0.15) is 31.2 Å². The van der Waals surface area contributed by atoms with E-state index in [1.54, 1.807) is 0 Å². The molecular formula is C13H17N. The fourth-order valence-electron chi connectivity index (χ4n) is 2.92. The maximum Gasteiger partial charge on any atom is 0.0497 e. The molecule has 0 unspecified atom stereocenters. The highest BCUT2D eigenvalue weighted by Crippen LogP contribution is 2.44. The summed E-state index contributed by atoms with van der Waals surface area (Å²) in [6, 6.07) is 10.5. The van der Waals surface area contributed by atoms with Crippen LogP contribution >= 0.6 is 0 Å². The number of nitrogens with zero attached hydrogens (tertiary/aromatic N) is 1. The Morgan fingerprint density at radius 1 is 1.07 bits per heavy atom. The number of anilines is 1. The highest BCUT2D eigenvalue weighted by Gasteiger charge is 2.48. The molecule has 2 fully saturated rings. The first-order valence-electron chi connectivity index (χ1n) is 5.72. The van der Waals surface area contributed by atoms with Gasteiger partial charge in [-0.05, 0) is 31.4 Å². The molecule has 0 N–H and O–H groups in total. The molecule has 1 nitrogen and oxygen atoms in total. The van der Waals surface area contributed by atoms with E-state index in [0.717, 1.165) is 12.1 Å². The smallest absolute Gasteiger partial charge is 0.0497 e. The molecule has 3 rings (SSSR count). The predicted octanol–water partition coefficient (Wildman–Crippen LogP) is 3.13. The quantitative estimate of drug-likeness (QED) is 0.610.